The van der Waals surface area contributed by atoms with Gasteiger partial charge in [0, 0.05) is 19.0 Å². The number of rotatable bonds is 8. The standard InChI is InChI=1S/C15H30N2O3/c1-10(2)6-11(14(19)20)9-17-13(18)7-12(16)8-15(3,4)5/h10-12H,6-9,16H2,1-5H3,(H,17,18)(H,19,20). The third-order valence-electron chi connectivity index (χ3n) is 2.97. The van der Waals surface area contributed by atoms with Crippen molar-refractivity contribution in [2.24, 2.45) is 23.0 Å². The van der Waals surface area contributed by atoms with E-state index in [1.807, 2.05) is 13.8 Å². The molecule has 2 unspecified atom stereocenters. The van der Waals surface area contributed by atoms with Gasteiger partial charge in [-0.05, 0) is 24.2 Å². The number of hydrogen-bond donors (Lipinski definition) is 3. The Labute approximate surface area is 122 Å². The number of nitrogens with one attached hydrogen (secondary N) is 1. The van der Waals surface area contributed by atoms with Crippen LogP contribution in [-0.2, 0) is 9.59 Å². The number of carboxylic acid groups (broad SMARTS) is 1. The summed E-state index contributed by atoms with van der Waals surface area (Å²) in [6.07, 6.45) is 1.56. The summed E-state index contributed by atoms with van der Waals surface area (Å²) in [7, 11) is 0. The summed E-state index contributed by atoms with van der Waals surface area (Å²) < 4.78 is 0. The maximum Gasteiger partial charge on any atom is 0.308 e. The van der Waals surface area contributed by atoms with Crippen molar-refractivity contribution in [1.29, 1.82) is 0 Å². The number of carbonyl (C=O) groups is 2. The zero-order chi connectivity index (χ0) is 15.9. The van der Waals surface area contributed by atoms with Gasteiger partial charge in [-0.15, -0.1) is 0 Å². The molecule has 0 rings (SSSR count). The predicted molar refractivity (Wildman–Crippen MR) is 80.3 cm³/mol. The number of carboxylic acids is 1. The van der Waals surface area contributed by atoms with Crippen LogP contribution in [-0.4, -0.2) is 29.6 Å². The maximum absolute atomic E-state index is 11.8. The third-order valence-corrected chi connectivity index (χ3v) is 2.97. The molecular weight excluding hydrogens is 256 g/mol. The van der Waals surface area contributed by atoms with Gasteiger partial charge in [-0.3, -0.25) is 9.59 Å². The molecule has 0 aliphatic carbocycles. The minimum absolute atomic E-state index is 0.0843. The number of nitrogens with two attached hydrogens (primary N) is 1. The highest BCUT2D eigenvalue weighted by molar-refractivity contribution is 5.77. The highest BCUT2D eigenvalue weighted by Gasteiger charge is 2.21. The van der Waals surface area contributed by atoms with Gasteiger partial charge in [0.2, 0.25) is 5.91 Å². The quantitative estimate of drug-likeness (QED) is 0.636. The average molecular weight is 286 g/mol. The highest BCUT2D eigenvalue weighted by atomic mass is 16.4. The van der Waals surface area contributed by atoms with Crippen LogP contribution in [0, 0.1) is 17.3 Å². The second-order valence-corrected chi connectivity index (χ2v) is 7.20. The van der Waals surface area contributed by atoms with Crippen LogP contribution in [0.5, 0.6) is 0 Å². The van der Waals surface area contributed by atoms with Crippen molar-refractivity contribution in [1.82, 2.24) is 5.32 Å². The molecule has 0 aromatic carbocycles. The summed E-state index contributed by atoms with van der Waals surface area (Å²) in [6.45, 7) is 10.3. The van der Waals surface area contributed by atoms with E-state index in [9.17, 15) is 9.59 Å². The van der Waals surface area contributed by atoms with Crippen LogP contribution >= 0.6 is 0 Å². The second kappa shape index (κ2) is 8.25. The highest BCUT2D eigenvalue weighted by Crippen LogP contribution is 2.21. The summed E-state index contributed by atoms with van der Waals surface area (Å²) in [6, 6.07) is -0.191. The summed E-state index contributed by atoms with van der Waals surface area (Å²) in [5.41, 5.74) is 6.01. The molecule has 0 saturated carbocycles. The van der Waals surface area contributed by atoms with Crippen molar-refractivity contribution in [3.05, 3.63) is 0 Å². The summed E-state index contributed by atoms with van der Waals surface area (Å²) >= 11 is 0. The first-order valence-corrected chi connectivity index (χ1v) is 7.26. The zero-order valence-electron chi connectivity index (χ0n) is 13.4. The Morgan fingerprint density at radius 2 is 1.80 bits per heavy atom. The van der Waals surface area contributed by atoms with Crippen LogP contribution in [0.2, 0.25) is 0 Å². The van der Waals surface area contributed by atoms with E-state index in [0.717, 1.165) is 6.42 Å². The van der Waals surface area contributed by atoms with Gasteiger partial charge in [-0.1, -0.05) is 34.6 Å². The van der Waals surface area contributed by atoms with E-state index >= 15 is 0 Å². The predicted octanol–water partition coefficient (Wildman–Crippen LogP) is 2.00. The number of hydrogen-bond acceptors (Lipinski definition) is 3. The lowest BCUT2D eigenvalue weighted by Crippen LogP contribution is -2.38. The fraction of sp³-hybridized carbons (Fsp3) is 0.867. The molecule has 0 bridgehead atoms. The van der Waals surface area contributed by atoms with Crippen molar-refractivity contribution >= 4 is 11.9 Å². The monoisotopic (exact) mass is 286 g/mol. The largest absolute Gasteiger partial charge is 0.481 e. The van der Waals surface area contributed by atoms with E-state index < -0.39 is 11.9 Å². The fourth-order valence-corrected chi connectivity index (χ4v) is 2.25. The SMILES string of the molecule is CC(C)CC(CNC(=O)CC(N)CC(C)(C)C)C(=O)O. The first kappa shape index (κ1) is 18.9. The van der Waals surface area contributed by atoms with E-state index in [4.69, 9.17) is 10.8 Å². The molecule has 2 atom stereocenters. The molecular formula is C15H30N2O3. The molecule has 5 heteroatoms. The number of aliphatic carboxylic acids is 1. The molecule has 0 aliphatic rings. The zero-order valence-corrected chi connectivity index (χ0v) is 13.4. The van der Waals surface area contributed by atoms with E-state index in [1.165, 1.54) is 0 Å². The second-order valence-electron chi connectivity index (χ2n) is 7.20. The van der Waals surface area contributed by atoms with Crippen LogP contribution in [0.4, 0.5) is 0 Å². The molecule has 4 N–H and O–H groups in total. The lowest BCUT2D eigenvalue weighted by molar-refractivity contribution is -0.142. The Bertz CT molecular complexity index is 322. The Kier molecular flexibility index (Phi) is 7.79. The summed E-state index contributed by atoms with van der Waals surface area (Å²) in [5, 5.41) is 11.8. The normalized spacial score (nSPS) is 14.9. The molecule has 0 aromatic heterocycles. The molecule has 0 spiro atoms. The van der Waals surface area contributed by atoms with E-state index in [1.54, 1.807) is 0 Å². The van der Waals surface area contributed by atoms with Crippen molar-refractivity contribution in [3.8, 4) is 0 Å². The molecule has 0 saturated heterocycles. The molecule has 0 fully saturated rings. The molecule has 0 heterocycles. The molecule has 5 nitrogen and oxygen atoms in total. The Morgan fingerprint density at radius 3 is 2.20 bits per heavy atom. The van der Waals surface area contributed by atoms with Crippen LogP contribution in [0.15, 0.2) is 0 Å². The van der Waals surface area contributed by atoms with Gasteiger partial charge in [0.05, 0.1) is 5.92 Å². The van der Waals surface area contributed by atoms with E-state index in [0.29, 0.717) is 6.42 Å². The van der Waals surface area contributed by atoms with Gasteiger partial charge in [-0.2, -0.15) is 0 Å². The molecule has 0 radical (unpaired) electrons. The van der Waals surface area contributed by atoms with Crippen LogP contribution in [0.3, 0.4) is 0 Å². The van der Waals surface area contributed by atoms with Crippen LogP contribution in [0.25, 0.3) is 0 Å². The Balaban J connectivity index is 4.16. The molecule has 0 aliphatic heterocycles. The lowest BCUT2D eigenvalue weighted by Gasteiger charge is -2.23. The van der Waals surface area contributed by atoms with Crippen LogP contribution < -0.4 is 11.1 Å². The first-order chi connectivity index (χ1) is 9.01. The first-order valence-electron chi connectivity index (χ1n) is 7.26. The number of amides is 1. The van der Waals surface area contributed by atoms with Gasteiger partial charge in [-0.25, -0.2) is 0 Å². The smallest absolute Gasteiger partial charge is 0.308 e. The van der Waals surface area contributed by atoms with Crippen molar-refractivity contribution < 1.29 is 14.7 Å². The molecule has 20 heavy (non-hydrogen) atoms. The Morgan fingerprint density at radius 1 is 1.25 bits per heavy atom. The number of carbonyl (C=O) groups excluding carboxylic acids is 1. The van der Waals surface area contributed by atoms with Crippen LogP contribution in [0.1, 0.15) is 53.9 Å². The lowest BCUT2D eigenvalue weighted by atomic mass is 9.87. The third kappa shape index (κ3) is 9.78. The van der Waals surface area contributed by atoms with Crippen molar-refractivity contribution in [3.63, 3.8) is 0 Å². The van der Waals surface area contributed by atoms with Gasteiger partial charge >= 0.3 is 5.97 Å². The van der Waals surface area contributed by atoms with Gasteiger partial charge in [0.1, 0.15) is 0 Å². The van der Waals surface area contributed by atoms with E-state index in [-0.39, 0.29) is 36.2 Å². The molecule has 0 aromatic rings. The molecule has 1 amide bonds. The summed E-state index contributed by atoms with van der Waals surface area (Å²) in [4.78, 5) is 22.8. The summed E-state index contributed by atoms with van der Waals surface area (Å²) in [5.74, 6) is -1.27. The van der Waals surface area contributed by atoms with E-state index in [2.05, 4.69) is 26.1 Å². The topological polar surface area (TPSA) is 92.4 Å². The van der Waals surface area contributed by atoms with Gasteiger partial charge in [0.15, 0.2) is 0 Å². The Hall–Kier alpha value is -1.10. The average Bonchev–Trinajstić information content (AvgIpc) is 2.20. The van der Waals surface area contributed by atoms with Gasteiger partial charge in [0.25, 0.3) is 0 Å². The van der Waals surface area contributed by atoms with Gasteiger partial charge < -0.3 is 16.2 Å². The minimum Gasteiger partial charge on any atom is -0.481 e. The molecule has 118 valence electrons. The fourth-order valence-electron chi connectivity index (χ4n) is 2.25. The van der Waals surface area contributed by atoms with Crippen molar-refractivity contribution in [2.75, 3.05) is 6.54 Å². The maximum atomic E-state index is 11.8. The minimum atomic E-state index is -0.863. The van der Waals surface area contributed by atoms with Crippen molar-refractivity contribution in [2.45, 2.75) is 59.9 Å².